The summed E-state index contributed by atoms with van der Waals surface area (Å²) >= 11 is 0. The quantitative estimate of drug-likeness (QED) is 0.599. The largest absolute Gasteiger partial charge is 0.473 e. The second kappa shape index (κ2) is 14.0. The van der Waals surface area contributed by atoms with Gasteiger partial charge in [0.15, 0.2) is 0 Å². The lowest BCUT2D eigenvalue weighted by Crippen LogP contribution is -2.42. The first-order valence-electron chi connectivity index (χ1n) is 11.5. The number of carbonyl (C=O) groups is 3. The zero-order valence-electron chi connectivity index (χ0n) is 19.9. The Morgan fingerprint density at radius 2 is 1.47 bits per heavy atom. The Bertz CT molecular complexity index is 940. The van der Waals surface area contributed by atoms with Gasteiger partial charge in [0.2, 0.25) is 5.91 Å². The minimum Gasteiger partial charge on any atom is -0.473 e. The van der Waals surface area contributed by atoms with Gasteiger partial charge >= 0.3 is 11.9 Å². The minimum atomic E-state index is -1.82. The maximum absolute atomic E-state index is 13.0. The number of carboxylic acid groups (broad SMARTS) is 2. The van der Waals surface area contributed by atoms with E-state index in [0.29, 0.717) is 5.91 Å². The predicted molar refractivity (Wildman–Crippen MR) is 132 cm³/mol. The van der Waals surface area contributed by atoms with E-state index >= 15 is 0 Å². The molecule has 0 radical (unpaired) electrons. The number of rotatable bonds is 7. The lowest BCUT2D eigenvalue weighted by atomic mass is 9.94. The molecule has 0 atom stereocenters. The molecule has 34 heavy (non-hydrogen) atoms. The van der Waals surface area contributed by atoms with Crippen LogP contribution in [-0.2, 0) is 20.9 Å². The van der Waals surface area contributed by atoms with Gasteiger partial charge in [-0.05, 0) is 50.9 Å². The van der Waals surface area contributed by atoms with Gasteiger partial charge < -0.3 is 15.1 Å². The number of amides is 1. The second-order valence-electron chi connectivity index (χ2n) is 8.40. The summed E-state index contributed by atoms with van der Waals surface area (Å²) in [6, 6.07) is 20.8. The number of likely N-dealkylation sites (tertiary alicyclic amines) is 1. The molecule has 1 heterocycles. The average Bonchev–Trinajstić information content (AvgIpc) is 2.84. The van der Waals surface area contributed by atoms with Crippen molar-refractivity contribution < 1.29 is 24.6 Å². The molecule has 1 saturated heterocycles. The molecule has 0 aromatic heterocycles. The summed E-state index contributed by atoms with van der Waals surface area (Å²) in [5.74, 6) is -3.16. The third-order valence-corrected chi connectivity index (χ3v) is 5.72. The van der Waals surface area contributed by atoms with Gasteiger partial charge in [0.1, 0.15) is 0 Å². The van der Waals surface area contributed by atoms with E-state index in [4.69, 9.17) is 19.8 Å². The zero-order valence-corrected chi connectivity index (χ0v) is 19.9. The van der Waals surface area contributed by atoms with Crippen molar-refractivity contribution in [1.29, 1.82) is 0 Å². The van der Waals surface area contributed by atoms with Crippen molar-refractivity contribution in [2.45, 2.75) is 33.2 Å². The topological polar surface area (TPSA) is 98.2 Å². The third kappa shape index (κ3) is 9.19. The molecule has 0 saturated carbocycles. The first-order valence-corrected chi connectivity index (χ1v) is 11.5. The fraction of sp³-hybridized carbons (Fsp3) is 0.370. The van der Waals surface area contributed by atoms with E-state index in [9.17, 15) is 4.79 Å². The fourth-order valence-electron chi connectivity index (χ4n) is 3.98. The lowest BCUT2D eigenvalue weighted by molar-refractivity contribution is -0.159. The number of piperidine rings is 1. The molecule has 0 bridgehead atoms. The molecule has 1 aliphatic heterocycles. The van der Waals surface area contributed by atoms with Gasteiger partial charge in [-0.1, -0.05) is 72.3 Å². The van der Waals surface area contributed by atoms with Crippen LogP contribution in [0.5, 0.6) is 0 Å². The molecule has 1 aliphatic rings. The molecule has 7 nitrogen and oxygen atoms in total. The van der Waals surface area contributed by atoms with Crippen LogP contribution in [0.15, 0.2) is 66.2 Å². The van der Waals surface area contributed by atoms with E-state index in [0.717, 1.165) is 45.6 Å². The molecule has 0 aliphatic carbocycles. The van der Waals surface area contributed by atoms with Crippen LogP contribution in [0, 0.1) is 5.92 Å². The first-order chi connectivity index (χ1) is 16.3. The molecular formula is C27H34N2O5. The van der Waals surface area contributed by atoms with Gasteiger partial charge in [-0.15, -0.1) is 0 Å². The van der Waals surface area contributed by atoms with Gasteiger partial charge in [-0.3, -0.25) is 9.69 Å². The number of nitrogens with zero attached hydrogens (tertiary/aromatic N) is 2. The van der Waals surface area contributed by atoms with E-state index in [1.165, 1.54) is 16.7 Å². The first kappa shape index (κ1) is 26.8. The summed E-state index contributed by atoms with van der Waals surface area (Å²) in [6.07, 6.45) is 4.18. The highest BCUT2D eigenvalue weighted by molar-refractivity contribution is 6.27. The average molecular weight is 467 g/mol. The Morgan fingerprint density at radius 3 is 1.97 bits per heavy atom. The molecule has 0 spiro atoms. The number of aliphatic carboxylic acids is 2. The van der Waals surface area contributed by atoms with Crippen molar-refractivity contribution in [1.82, 2.24) is 9.80 Å². The highest BCUT2D eigenvalue weighted by atomic mass is 16.4. The van der Waals surface area contributed by atoms with Crippen molar-refractivity contribution in [3.8, 4) is 0 Å². The van der Waals surface area contributed by atoms with Crippen molar-refractivity contribution >= 4 is 23.9 Å². The molecule has 7 heteroatoms. The summed E-state index contributed by atoms with van der Waals surface area (Å²) < 4.78 is 0. The summed E-state index contributed by atoms with van der Waals surface area (Å²) in [7, 11) is 0. The zero-order chi connectivity index (χ0) is 24.9. The van der Waals surface area contributed by atoms with Gasteiger partial charge in [0.25, 0.3) is 0 Å². The maximum Gasteiger partial charge on any atom is 0.414 e. The molecule has 2 aromatic rings. The van der Waals surface area contributed by atoms with Crippen LogP contribution in [0.1, 0.15) is 37.8 Å². The molecular weight excluding hydrogens is 432 g/mol. The Morgan fingerprint density at radius 1 is 0.941 bits per heavy atom. The summed E-state index contributed by atoms with van der Waals surface area (Å²) in [5, 5.41) is 14.8. The monoisotopic (exact) mass is 466 g/mol. The van der Waals surface area contributed by atoms with E-state index in [-0.39, 0.29) is 5.92 Å². The molecule has 1 fully saturated rings. The number of hydrogen-bond acceptors (Lipinski definition) is 4. The van der Waals surface area contributed by atoms with Gasteiger partial charge in [-0.2, -0.15) is 0 Å². The van der Waals surface area contributed by atoms with Crippen LogP contribution in [0.4, 0.5) is 0 Å². The lowest BCUT2D eigenvalue weighted by Gasteiger charge is -2.34. The minimum absolute atomic E-state index is 0.165. The SMILES string of the molecule is CCN(Cc1ccccc1)C(=O)C1CCN(C/C(C)=C/c2ccccc2)CC1.O=C(O)C(=O)O. The molecule has 2 N–H and O–H groups in total. The Labute approximate surface area is 201 Å². The van der Waals surface area contributed by atoms with Crippen molar-refractivity contribution in [3.05, 3.63) is 77.4 Å². The molecule has 1 amide bonds. The van der Waals surface area contributed by atoms with E-state index in [1.54, 1.807) is 0 Å². The van der Waals surface area contributed by atoms with Crippen molar-refractivity contribution in [2.75, 3.05) is 26.2 Å². The van der Waals surface area contributed by atoms with E-state index in [2.05, 4.69) is 61.2 Å². The molecule has 0 unspecified atom stereocenters. The summed E-state index contributed by atoms with van der Waals surface area (Å²) in [4.78, 5) is 35.7. The second-order valence-corrected chi connectivity index (χ2v) is 8.40. The third-order valence-electron chi connectivity index (χ3n) is 5.72. The van der Waals surface area contributed by atoms with Crippen LogP contribution < -0.4 is 0 Å². The normalized spacial score (nSPS) is 14.6. The van der Waals surface area contributed by atoms with Crippen LogP contribution in [-0.4, -0.2) is 64.0 Å². The summed E-state index contributed by atoms with van der Waals surface area (Å²) in [6.45, 7) is 8.74. The number of carbonyl (C=O) groups excluding carboxylic acids is 1. The number of carboxylic acids is 2. The van der Waals surface area contributed by atoms with E-state index < -0.39 is 11.9 Å². The highest BCUT2D eigenvalue weighted by Gasteiger charge is 2.28. The van der Waals surface area contributed by atoms with Crippen molar-refractivity contribution in [2.24, 2.45) is 5.92 Å². The van der Waals surface area contributed by atoms with Crippen LogP contribution >= 0.6 is 0 Å². The fourth-order valence-corrected chi connectivity index (χ4v) is 3.98. The van der Waals surface area contributed by atoms with Gasteiger partial charge in [0.05, 0.1) is 0 Å². The Balaban J connectivity index is 0.000000604. The van der Waals surface area contributed by atoms with Gasteiger partial charge in [-0.25, -0.2) is 9.59 Å². The number of benzene rings is 2. The maximum atomic E-state index is 13.0. The van der Waals surface area contributed by atoms with Gasteiger partial charge in [0, 0.05) is 25.6 Å². The Kier molecular flexibility index (Phi) is 11.0. The smallest absolute Gasteiger partial charge is 0.414 e. The number of hydrogen-bond donors (Lipinski definition) is 2. The van der Waals surface area contributed by atoms with Crippen molar-refractivity contribution in [3.63, 3.8) is 0 Å². The highest BCUT2D eigenvalue weighted by Crippen LogP contribution is 2.22. The van der Waals surface area contributed by atoms with E-state index in [1.807, 2.05) is 29.2 Å². The predicted octanol–water partition coefficient (Wildman–Crippen LogP) is 4.01. The molecule has 3 rings (SSSR count). The van der Waals surface area contributed by atoms with Crippen LogP contribution in [0.3, 0.4) is 0 Å². The molecule has 182 valence electrons. The van der Waals surface area contributed by atoms with Crippen LogP contribution in [0.25, 0.3) is 6.08 Å². The Hall–Kier alpha value is -3.45. The standard InChI is InChI=1S/C25H32N2O.C2H2O4/c1-3-27(20-23-12-8-5-9-13-23)25(28)24-14-16-26(17-15-24)19-21(2)18-22-10-6-4-7-11-22;3-1(4)2(5)6/h4-13,18,24H,3,14-17,19-20H2,1-2H3;(H,3,4)(H,5,6)/b21-18+;. The van der Waals surface area contributed by atoms with Crippen LogP contribution in [0.2, 0.25) is 0 Å². The molecule has 2 aromatic carbocycles. The summed E-state index contributed by atoms with van der Waals surface area (Å²) in [5.41, 5.74) is 3.83.